The summed E-state index contributed by atoms with van der Waals surface area (Å²) in [5, 5.41) is 8.82. The number of rotatable bonds is 2. The van der Waals surface area contributed by atoms with E-state index in [0.717, 1.165) is 32.2 Å². The van der Waals surface area contributed by atoms with Crippen LogP contribution < -0.4 is 0 Å². The van der Waals surface area contributed by atoms with E-state index in [1.807, 2.05) is 9.80 Å². The molecule has 20 heavy (non-hydrogen) atoms. The van der Waals surface area contributed by atoms with Gasteiger partial charge in [0.15, 0.2) is 0 Å². The highest BCUT2D eigenvalue weighted by atomic mass is 16.4. The van der Waals surface area contributed by atoms with Gasteiger partial charge in [0, 0.05) is 32.1 Å². The fraction of sp³-hybridized carbons (Fsp3) is 0.867. The Morgan fingerprint density at radius 1 is 1.10 bits per heavy atom. The first-order chi connectivity index (χ1) is 9.47. The van der Waals surface area contributed by atoms with Crippen LogP contribution in [0.5, 0.6) is 0 Å². The van der Waals surface area contributed by atoms with E-state index in [-0.39, 0.29) is 18.4 Å². The summed E-state index contributed by atoms with van der Waals surface area (Å²) in [6, 6.07) is 0.473. The van der Waals surface area contributed by atoms with E-state index < -0.39 is 5.97 Å². The zero-order valence-corrected chi connectivity index (χ0v) is 12.5. The Kier molecular flexibility index (Phi) is 4.89. The lowest BCUT2D eigenvalue weighted by atomic mass is 9.92. The van der Waals surface area contributed by atoms with Crippen LogP contribution in [0.4, 0.5) is 4.79 Å². The van der Waals surface area contributed by atoms with Gasteiger partial charge >= 0.3 is 12.0 Å². The average molecular weight is 282 g/mol. The molecule has 0 aromatic heterocycles. The molecule has 2 atom stereocenters. The molecule has 2 aliphatic heterocycles. The van der Waals surface area contributed by atoms with Crippen molar-refractivity contribution < 1.29 is 14.7 Å². The van der Waals surface area contributed by atoms with Crippen molar-refractivity contribution in [1.82, 2.24) is 9.80 Å². The largest absolute Gasteiger partial charge is 0.481 e. The normalized spacial score (nSPS) is 28.5. The predicted molar refractivity (Wildman–Crippen MR) is 76.5 cm³/mol. The first kappa shape index (κ1) is 15.1. The van der Waals surface area contributed by atoms with Crippen molar-refractivity contribution in [3.05, 3.63) is 0 Å². The average Bonchev–Trinajstić information content (AvgIpc) is 2.38. The van der Waals surface area contributed by atoms with Crippen molar-refractivity contribution in [3.8, 4) is 0 Å². The van der Waals surface area contributed by atoms with Crippen molar-refractivity contribution in [3.63, 3.8) is 0 Å². The Hall–Kier alpha value is -1.26. The summed E-state index contributed by atoms with van der Waals surface area (Å²) < 4.78 is 0. The van der Waals surface area contributed by atoms with Crippen LogP contribution in [0.1, 0.15) is 46.0 Å². The maximum Gasteiger partial charge on any atom is 0.320 e. The molecule has 0 bridgehead atoms. The van der Waals surface area contributed by atoms with E-state index in [0.29, 0.717) is 25.0 Å². The summed E-state index contributed by atoms with van der Waals surface area (Å²) in [5.41, 5.74) is 0. The van der Waals surface area contributed by atoms with Gasteiger partial charge in [-0.15, -0.1) is 0 Å². The molecule has 2 heterocycles. The summed E-state index contributed by atoms with van der Waals surface area (Å²) in [7, 11) is 0. The van der Waals surface area contributed by atoms with Crippen molar-refractivity contribution in [1.29, 1.82) is 0 Å². The number of carboxylic acids is 1. The molecule has 0 radical (unpaired) electrons. The van der Waals surface area contributed by atoms with Gasteiger partial charge in [0.05, 0.1) is 0 Å². The highest BCUT2D eigenvalue weighted by Gasteiger charge is 2.32. The Labute approximate surface area is 120 Å². The molecule has 2 amide bonds. The Morgan fingerprint density at radius 3 is 2.30 bits per heavy atom. The zero-order valence-electron chi connectivity index (χ0n) is 12.5. The van der Waals surface area contributed by atoms with E-state index in [9.17, 15) is 9.59 Å². The molecule has 5 heteroatoms. The summed E-state index contributed by atoms with van der Waals surface area (Å²) in [6.45, 7) is 6.64. The number of hydrogen-bond acceptors (Lipinski definition) is 2. The van der Waals surface area contributed by atoms with Crippen molar-refractivity contribution >= 4 is 12.0 Å². The Balaban J connectivity index is 1.84. The lowest BCUT2D eigenvalue weighted by Gasteiger charge is -2.41. The van der Waals surface area contributed by atoms with Gasteiger partial charge in [0.1, 0.15) is 0 Å². The third kappa shape index (κ3) is 3.64. The molecule has 1 N–H and O–H groups in total. The minimum atomic E-state index is -0.728. The number of urea groups is 1. The smallest absolute Gasteiger partial charge is 0.320 e. The second-order valence-electron chi connectivity index (χ2n) is 6.48. The van der Waals surface area contributed by atoms with Crippen LogP contribution >= 0.6 is 0 Å². The van der Waals surface area contributed by atoms with Gasteiger partial charge in [-0.3, -0.25) is 4.79 Å². The van der Waals surface area contributed by atoms with Crippen molar-refractivity contribution in [2.45, 2.75) is 52.0 Å². The van der Waals surface area contributed by atoms with Gasteiger partial charge in [-0.1, -0.05) is 6.92 Å². The van der Waals surface area contributed by atoms with E-state index >= 15 is 0 Å². The van der Waals surface area contributed by atoms with E-state index in [4.69, 9.17) is 5.11 Å². The molecule has 5 nitrogen and oxygen atoms in total. The molecule has 2 unspecified atom stereocenters. The summed E-state index contributed by atoms with van der Waals surface area (Å²) in [6.07, 6.45) is 4.04. The van der Waals surface area contributed by atoms with Gasteiger partial charge in [0.2, 0.25) is 0 Å². The van der Waals surface area contributed by atoms with Crippen LogP contribution in [0.15, 0.2) is 0 Å². The standard InChI is InChI=1S/C15H26N2O3/c1-11-3-8-17(12(2)9-11)15(20)16-6-4-13(5-7-16)10-14(18)19/h11-13H,3-10H2,1-2H3,(H,18,19). The van der Waals surface area contributed by atoms with Crippen LogP contribution in [0, 0.1) is 11.8 Å². The predicted octanol–water partition coefficient (Wildman–Crippen LogP) is 2.41. The molecule has 0 aromatic rings. The number of carbonyl (C=O) groups is 2. The van der Waals surface area contributed by atoms with Crippen LogP contribution in [-0.4, -0.2) is 52.6 Å². The molecule has 2 rings (SSSR count). The maximum atomic E-state index is 12.5. The minimum Gasteiger partial charge on any atom is -0.481 e. The van der Waals surface area contributed by atoms with E-state index in [1.165, 1.54) is 0 Å². The highest BCUT2D eigenvalue weighted by molar-refractivity contribution is 5.75. The number of carbonyl (C=O) groups excluding carboxylic acids is 1. The SMILES string of the molecule is CC1CCN(C(=O)N2CCC(CC(=O)O)CC2)C(C)C1. The molecule has 2 fully saturated rings. The second-order valence-corrected chi connectivity index (χ2v) is 6.48. The van der Waals surface area contributed by atoms with Gasteiger partial charge < -0.3 is 14.9 Å². The first-order valence-corrected chi connectivity index (χ1v) is 7.74. The van der Waals surface area contributed by atoms with Gasteiger partial charge in [0.25, 0.3) is 0 Å². The van der Waals surface area contributed by atoms with Gasteiger partial charge in [-0.2, -0.15) is 0 Å². The second kappa shape index (κ2) is 6.46. The monoisotopic (exact) mass is 282 g/mol. The Bertz CT molecular complexity index is 364. The Morgan fingerprint density at radius 2 is 1.75 bits per heavy atom. The van der Waals surface area contributed by atoms with Gasteiger partial charge in [-0.05, 0) is 44.4 Å². The maximum absolute atomic E-state index is 12.5. The third-order valence-electron chi connectivity index (χ3n) is 4.73. The molecule has 2 saturated heterocycles. The topological polar surface area (TPSA) is 60.9 Å². The molecule has 0 aromatic carbocycles. The first-order valence-electron chi connectivity index (χ1n) is 7.74. The number of carboxylic acid groups (broad SMARTS) is 1. The molecule has 114 valence electrons. The fourth-order valence-corrected chi connectivity index (χ4v) is 3.45. The third-order valence-corrected chi connectivity index (χ3v) is 4.73. The van der Waals surface area contributed by atoms with Crippen LogP contribution in [0.2, 0.25) is 0 Å². The van der Waals surface area contributed by atoms with Crippen molar-refractivity contribution in [2.24, 2.45) is 11.8 Å². The number of hydrogen-bond donors (Lipinski definition) is 1. The molecule has 2 aliphatic rings. The van der Waals surface area contributed by atoms with Crippen molar-refractivity contribution in [2.75, 3.05) is 19.6 Å². The van der Waals surface area contributed by atoms with E-state index in [2.05, 4.69) is 13.8 Å². The molecule has 0 aliphatic carbocycles. The quantitative estimate of drug-likeness (QED) is 0.846. The summed E-state index contributed by atoms with van der Waals surface area (Å²) >= 11 is 0. The van der Waals surface area contributed by atoms with Crippen LogP contribution in [0.3, 0.4) is 0 Å². The number of likely N-dealkylation sites (tertiary alicyclic amines) is 2. The summed E-state index contributed by atoms with van der Waals surface area (Å²) in [5.74, 6) is 0.208. The molecule has 0 spiro atoms. The molecular weight excluding hydrogens is 256 g/mol. The van der Waals surface area contributed by atoms with E-state index in [1.54, 1.807) is 0 Å². The number of amides is 2. The highest BCUT2D eigenvalue weighted by Crippen LogP contribution is 2.26. The lowest BCUT2D eigenvalue weighted by molar-refractivity contribution is -0.138. The fourth-order valence-electron chi connectivity index (χ4n) is 3.45. The number of piperidine rings is 2. The zero-order chi connectivity index (χ0) is 14.7. The number of aliphatic carboxylic acids is 1. The molecular formula is C15H26N2O3. The van der Waals surface area contributed by atoms with Crippen LogP contribution in [0.25, 0.3) is 0 Å². The van der Waals surface area contributed by atoms with Gasteiger partial charge in [-0.25, -0.2) is 4.79 Å². The minimum absolute atomic E-state index is 0.151. The lowest BCUT2D eigenvalue weighted by Crippen LogP contribution is -2.52. The molecule has 0 saturated carbocycles. The number of nitrogens with zero attached hydrogens (tertiary/aromatic N) is 2. The van der Waals surface area contributed by atoms with Crippen LogP contribution in [-0.2, 0) is 4.79 Å². The summed E-state index contributed by atoms with van der Waals surface area (Å²) in [4.78, 5) is 27.2.